The Bertz CT molecular complexity index is 763. The van der Waals surface area contributed by atoms with Crippen LogP contribution in [0, 0.1) is 5.92 Å². The number of nitrogens with zero attached hydrogens (tertiary/aromatic N) is 3. The molecule has 3 rings (SSSR count). The predicted molar refractivity (Wildman–Crippen MR) is 95.6 cm³/mol. The monoisotopic (exact) mass is 338 g/mol. The van der Waals surface area contributed by atoms with Gasteiger partial charge in [-0.1, -0.05) is 6.07 Å². The molecule has 1 saturated heterocycles. The molecule has 0 radical (unpaired) electrons. The van der Waals surface area contributed by atoms with Gasteiger partial charge < -0.3 is 10.2 Å². The van der Waals surface area contributed by atoms with Crippen molar-refractivity contribution in [3.05, 3.63) is 54.0 Å². The highest BCUT2D eigenvalue weighted by Crippen LogP contribution is 2.25. The number of likely N-dealkylation sites (tertiary alicyclic amines) is 1. The molecule has 1 aliphatic rings. The average Bonchev–Trinajstić information content (AvgIpc) is 2.64. The Morgan fingerprint density at radius 1 is 1.20 bits per heavy atom. The average molecular weight is 338 g/mol. The number of aromatic nitrogens is 2. The van der Waals surface area contributed by atoms with Crippen LogP contribution in [-0.4, -0.2) is 46.2 Å². The molecule has 2 atom stereocenters. The first-order chi connectivity index (χ1) is 12.0. The Kier molecular flexibility index (Phi) is 5.19. The molecular weight excluding hydrogens is 316 g/mol. The molecule has 0 unspecified atom stereocenters. The zero-order chi connectivity index (χ0) is 17.8. The molecule has 130 valence electrons. The normalized spacial score (nSPS) is 20.9. The number of Topliss-reactive ketones (excluding diaryl/α,β-unsaturated/α-hetero) is 1. The molecule has 0 spiro atoms. The summed E-state index contributed by atoms with van der Waals surface area (Å²) < 4.78 is 0. The molecule has 1 amide bonds. The maximum Gasteiger partial charge on any atom is 0.256 e. The van der Waals surface area contributed by atoms with Gasteiger partial charge in [0, 0.05) is 29.9 Å². The highest BCUT2D eigenvalue weighted by atomic mass is 16.1. The van der Waals surface area contributed by atoms with E-state index >= 15 is 0 Å². The van der Waals surface area contributed by atoms with Gasteiger partial charge in [-0.05, 0) is 57.6 Å². The Hall–Kier alpha value is -2.60. The molecule has 1 N–H and O–H groups in total. The second-order valence-corrected chi connectivity index (χ2v) is 6.51. The van der Waals surface area contributed by atoms with E-state index in [0.717, 1.165) is 19.4 Å². The minimum absolute atomic E-state index is 0.00940. The molecule has 1 fully saturated rings. The first-order valence-electron chi connectivity index (χ1n) is 8.47. The van der Waals surface area contributed by atoms with Crippen LogP contribution in [0.5, 0.6) is 0 Å². The minimum atomic E-state index is -0.271. The fourth-order valence-corrected chi connectivity index (χ4v) is 3.07. The summed E-state index contributed by atoms with van der Waals surface area (Å²) in [5, 5.41) is 2.73. The summed E-state index contributed by atoms with van der Waals surface area (Å²) in [6.45, 7) is 3.05. The van der Waals surface area contributed by atoms with Gasteiger partial charge in [-0.15, -0.1) is 0 Å². The maximum absolute atomic E-state index is 12.8. The summed E-state index contributed by atoms with van der Waals surface area (Å²) in [5.74, 6) is 0.158. The molecule has 25 heavy (non-hydrogen) atoms. The molecule has 0 bridgehead atoms. The van der Waals surface area contributed by atoms with E-state index < -0.39 is 0 Å². The van der Waals surface area contributed by atoms with E-state index in [0.29, 0.717) is 23.1 Å². The van der Waals surface area contributed by atoms with Gasteiger partial charge >= 0.3 is 0 Å². The van der Waals surface area contributed by atoms with Crippen molar-refractivity contribution in [2.45, 2.75) is 25.8 Å². The van der Waals surface area contributed by atoms with Crippen LogP contribution in [0.1, 0.15) is 40.6 Å². The van der Waals surface area contributed by atoms with E-state index in [4.69, 9.17) is 0 Å². The van der Waals surface area contributed by atoms with Crippen LogP contribution < -0.4 is 5.32 Å². The van der Waals surface area contributed by atoms with Crippen molar-refractivity contribution in [3.8, 4) is 0 Å². The van der Waals surface area contributed by atoms with Gasteiger partial charge in [0.15, 0.2) is 5.78 Å². The molecule has 2 aromatic rings. The number of piperidine rings is 1. The summed E-state index contributed by atoms with van der Waals surface area (Å²) in [5.41, 5.74) is 0.909. The van der Waals surface area contributed by atoms with E-state index in [9.17, 15) is 9.59 Å². The van der Waals surface area contributed by atoms with Gasteiger partial charge in [0.1, 0.15) is 11.5 Å². The van der Waals surface area contributed by atoms with E-state index in [1.807, 2.05) is 0 Å². The number of nitrogens with one attached hydrogen (secondary N) is 1. The van der Waals surface area contributed by atoms with Gasteiger partial charge in [-0.3, -0.25) is 14.6 Å². The van der Waals surface area contributed by atoms with E-state index in [-0.39, 0.29) is 17.6 Å². The fraction of sp³-hybridized carbons (Fsp3) is 0.368. The number of amides is 1. The number of ketones is 1. The molecular formula is C19H22N4O2. The van der Waals surface area contributed by atoms with Crippen molar-refractivity contribution < 1.29 is 9.59 Å². The van der Waals surface area contributed by atoms with Crippen molar-refractivity contribution in [1.82, 2.24) is 14.9 Å². The fourth-order valence-electron chi connectivity index (χ4n) is 3.07. The van der Waals surface area contributed by atoms with E-state index in [1.54, 1.807) is 42.7 Å². The van der Waals surface area contributed by atoms with Crippen molar-refractivity contribution in [2.24, 2.45) is 5.92 Å². The number of pyridine rings is 2. The lowest BCUT2D eigenvalue weighted by Crippen LogP contribution is -2.40. The van der Waals surface area contributed by atoms with E-state index in [2.05, 4.69) is 34.2 Å². The molecule has 2 aromatic heterocycles. The van der Waals surface area contributed by atoms with Gasteiger partial charge in [0.05, 0.1) is 0 Å². The number of anilines is 1. The summed E-state index contributed by atoms with van der Waals surface area (Å²) in [4.78, 5) is 35.5. The van der Waals surface area contributed by atoms with Crippen molar-refractivity contribution >= 4 is 17.5 Å². The second kappa shape index (κ2) is 7.53. The largest absolute Gasteiger partial charge is 0.307 e. The third-order valence-corrected chi connectivity index (χ3v) is 4.76. The van der Waals surface area contributed by atoms with Crippen LogP contribution >= 0.6 is 0 Å². The Balaban J connectivity index is 1.71. The van der Waals surface area contributed by atoms with Crippen molar-refractivity contribution in [1.29, 1.82) is 0 Å². The number of carbonyl (C=O) groups is 2. The van der Waals surface area contributed by atoms with E-state index in [1.165, 1.54) is 0 Å². The van der Waals surface area contributed by atoms with Crippen LogP contribution in [0.15, 0.2) is 42.7 Å². The molecule has 0 saturated carbocycles. The zero-order valence-corrected chi connectivity index (χ0v) is 14.5. The third kappa shape index (κ3) is 4.09. The zero-order valence-electron chi connectivity index (χ0n) is 14.5. The Labute approximate surface area is 147 Å². The van der Waals surface area contributed by atoms with Crippen LogP contribution in [0.2, 0.25) is 0 Å². The lowest BCUT2D eigenvalue weighted by Gasteiger charge is -2.34. The highest BCUT2D eigenvalue weighted by Gasteiger charge is 2.29. The minimum Gasteiger partial charge on any atom is -0.307 e. The maximum atomic E-state index is 12.8. The third-order valence-electron chi connectivity index (χ3n) is 4.76. The van der Waals surface area contributed by atoms with Crippen LogP contribution in [0.25, 0.3) is 0 Å². The first-order valence-corrected chi connectivity index (χ1v) is 8.47. The molecule has 0 aromatic carbocycles. The molecule has 3 heterocycles. The quantitative estimate of drug-likeness (QED) is 0.868. The second-order valence-electron chi connectivity index (χ2n) is 6.51. The highest BCUT2D eigenvalue weighted by molar-refractivity contribution is 6.04. The first kappa shape index (κ1) is 17.2. The van der Waals surface area contributed by atoms with Crippen LogP contribution in [0.4, 0.5) is 5.82 Å². The standard InChI is InChI=1S/C19H22N4O2/c1-13-12-15(8-11-23(13)2)18(24)16-4-3-5-17(21-16)22-19(25)14-6-9-20-10-7-14/h3-7,9-10,13,15H,8,11-12H2,1-2H3,(H,21,22,25)/t13-,15-/m1/s1. The number of rotatable bonds is 4. The van der Waals surface area contributed by atoms with Crippen molar-refractivity contribution in [3.63, 3.8) is 0 Å². The SMILES string of the molecule is C[C@@H]1C[C@H](C(=O)c2cccc(NC(=O)c3ccncc3)n2)CCN1C. The number of hydrogen-bond donors (Lipinski definition) is 1. The van der Waals surface area contributed by atoms with Gasteiger partial charge in [-0.2, -0.15) is 0 Å². The Morgan fingerprint density at radius 2 is 1.96 bits per heavy atom. The lowest BCUT2D eigenvalue weighted by atomic mass is 9.87. The topological polar surface area (TPSA) is 75.2 Å². The molecule has 0 aliphatic carbocycles. The van der Waals surface area contributed by atoms with Crippen LogP contribution in [-0.2, 0) is 0 Å². The summed E-state index contributed by atoms with van der Waals surface area (Å²) in [7, 11) is 2.08. The van der Waals surface area contributed by atoms with Gasteiger partial charge in [-0.25, -0.2) is 4.98 Å². The summed E-state index contributed by atoms with van der Waals surface area (Å²) in [6.07, 6.45) is 4.80. The van der Waals surface area contributed by atoms with Crippen LogP contribution in [0.3, 0.4) is 0 Å². The number of carbonyl (C=O) groups excluding carboxylic acids is 2. The lowest BCUT2D eigenvalue weighted by molar-refractivity contribution is 0.0795. The Morgan fingerprint density at radius 3 is 2.68 bits per heavy atom. The molecule has 6 nitrogen and oxygen atoms in total. The van der Waals surface area contributed by atoms with Crippen molar-refractivity contribution in [2.75, 3.05) is 18.9 Å². The smallest absolute Gasteiger partial charge is 0.256 e. The summed E-state index contributed by atoms with van der Waals surface area (Å²) in [6, 6.07) is 8.80. The van der Waals surface area contributed by atoms with Gasteiger partial charge in [0.25, 0.3) is 5.91 Å². The molecule has 6 heteroatoms. The number of hydrogen-bond acceptors (Lipinski definition) is 5. The van der Waals surface area contributed by atoms with Gasteiger partial charge in [0.2, 0.25) is 0 Å². The predicted octanol–water partition coefficient (Wildman–Crippen LogP) is 2.64. The summed E-state index contributed by atoms with van der Waals surface area (Å²) >= 11 is 0. The molecule has 1 aliphatic heterocycles.